The highest BCUT2D eigenvalue weighted by Crippen LogP contribution is 2.46. The zero-order valence-corrected chi connectivity index (χ0v) is 30.8. The second-order valence-corrected chi connectivity index (χ2v) is 17.5. The number of imidazole rings is 1. The van der Waals surface area contributed by atoms with E-state index in [1.807, 2.05) is 54.8 Å². The zero-order chi connectivity index (χ0) is 36.7. The highest BCUT2D eigenvalue weighted by molar-refractivity contribution is 7.91. The molecule has 14 nitrogen and oxygen atoms in total. The molecule has 3 N–H and O–H groups in total. The van der Waals surface area contributed by atoms with Gasteiger partial charge in [-0.1, -0.05) is 37.1 Å². The fourth-order valence-corrected chi connectivity index (χ4v) is 8.41. The van der Waals surface area contributed by atoms with Gasteiger partial charge >= 0.3 is 6.09 Å². The number of ether oxygens (including phenoxy) is 2. The van der Waals surface area contributed by atoms with Crippen LogP contribution in [0.4, 0.5) is 4.79 Å². The molecule has 15 heteroatoms. The predicted molar refractivity (Wildman–Crippen MR) is 189 cm³/mol. The second-order valence-electron chi connectivity index (χ2n) is 15.5. The summed E-state index contributed by atoms with van der Waals surface area (Å²) < 4.78 is 41.8. The summed E-state index contributed by atoms with van der Waals surface area (Å²) in [7, 11) is -3.88. The lowest BCUT2D eigenvalue weighted by molar-refractivity contribution is -0.141. The van der Waals surface area contributed by atoms with Gasteiger partial charge in [0.2, 0.25) is 21.8 Å². The first-order valence-electron chi connectivity index (χ1n) is 18.1. The molecule has 1 aromatic heterocycles. The van der Waals surface area contributed by atoms with E-state index >= 15 is 0 Å². The van der Waals surface area contributed by atoms with Crippen LogP contribution in [-0.4, -0.2) is 87.8 Å². The molecule has 6 rings (SSSR count). The number of benzene rings is 1. The van der Waals surface area contributed by atoms with Gasteiger partial charge in [-0.25, -0.2) is 13.2 Å². The highest BCUT2D eigenvalue weighted by atomic mass is 32.2. The number of rotatable bonds is 7. The molecule has 5 atom stereocenters. The monoisotopic (exact) mass is 726 g/mol. The Labute approximate surface area is 299 Å². The number of para-hydroxylation sites is 2. The molecule has 3 heterocycles. The van der Waals surface area contributed by atoms with E-state index in [1.165, 1.54) is 4.90 Å². The molecule has 4 aliphatic rings. The summed E-state index contributed by atoms with van der Waals surface area (Å²) in [6, 6.07) is 5.93. The normalized spacial score (nSPS) is 27.5. The van der Waals surface area contributed by atoms with E-state index in [1.54, 1.807) is 20.8 Å². The van der Waals surface area contributed by atoms with Gasteiger partial charge in [-0.2, -0.15) is 4.98 Å². The van der Waals surface area contributed by atoms with Crippen LogP contribution in [0.3, 0.4) is 0 Å². The van der Waals surface area contributed by atoms with Gasteiger partial charge in [0, 0.05) is 18.4 Å². The van der Waals surface area contributed by atoms with Gasteiger partial charge < -0.3 is 25.0 Å². The molecule has 2 aliphatic heterocycles. The van der Waals surface area contributed by atoms with Crippen molar-refractivity contribution in [2.24, 2.45) is 5.92 Å². The Morgan fingerprint density at radius 2 is 1.82 bits per heavy atom. The molecule has 1 aromatic carbocycles. The SMILES string of the molecule is CC(C)n1c(O[C@@H]2C[C@H]3C(=O)N[C@]4(C(=O)NS(=O)(=O)C5CC5)C[C@H]4C=CCCCCC[C@H](NC(=O)OC(C)(C)C)C(=O)N3C2)nc2ccccc21. The average molecular weight is 727 g/mol. The van der Waals surface area contributed by atoms with E-state index in [4.69, 9.17) is 14.5 Å². The number of allylic oxidation sites excluding steroid dienone is 1. The molecule has 2 saturated carbocycles. The lowest BCUT2D eigenvalue weighted by atomic mass is 10.0. The van der Waals surface area contributed by atoms with Crippen LogP contribution in [0, 0.1) is 5.92 Å². The third-order valence-electron chi connectivity index (χ3n) is 9.89. The molecular formula is C36H50N6O8S. The number of amides is 4. The Hall–Kier alpha value is -4.14. The summed E-state index contributed by atoms with van der Waals surface area (Å²) in [6.45, 7) is 9.25. The van der Waals surface area contributed by atoms with Gasteiger partial charge in [0.05, 0.1) is 22.8 Å². The average Bonchev–Trinajstić information content (AvgIpc) is 3.94. The van der Waals surface area contributed by atoms with Crippen LogP contribution >= 0.6 is 0 Å². The van der Waals surface area contributed by atoms with Crippen molar-refractivity contribution >= 4 is 44.9 Å². The molecule has 0 bridgehead atoms. The van der Waals surface area contributed by atoms with Crippen molar-refractivity contribution in [2.75, 3.05) is 6.54 Å². The van der Waals surface area contributed by atoms with Gasteiger partial charge in [-0.15, -0.1) is 0 Å². The van der Waals surface area contributed by atoms with Crippen LogP contribution in [0.5, 0.6) is 6.01 Å². The van der Waals surface area contributed by atoms with Crippen molar-refractivity contribution in [1.29, 1.82) is 0 Å². The third kappa shape index (κ3) is 8.18. The van der Waals surface area contributed by atoms with Crippen molar-refractivity contribution in [3.05, 3.63) is 36.4 Å². The molecule has 0 spiro atoms. The van der Waals surface area contributed by atoms with Crippen LogP contribution in [0.15, 0.2) is 36.4 Å². The minimum absolute atomic E-state index is 0.00301. The molecule has 0 unspecified atom stereocenters. The number of hydrogen-bond acceptors (Lipinski definition) is 9. The molecule has 51 heavy (non-hydrogen) atoms. The Morgan fingerprint density at radius 1 is 1.08 bits per heavy atom. The number of fused-ring (bicyclic) bond motifs is 3. The summed E-state index contributed by atoms with van der Waals surface area (Å²) in [5.41, 5.74) is -0.652. The van der Waals surface area contributed by atoms with E-state index in [0.29, 0.717) is 38.1 Å². The standard InChI is InChI=1S/C36H50N6O8S/c1-22(2)42-28-16-12-11-14-26(28)37-33(42)49-24-19-29-30(43)39-36(32(45)40-51(47,48)25-17-18-25)20-23(36)13-9-7-6-8-10-15-27(31(44)41(29)21-24)38-34(46)50-35(3,4)5/h9,11-14,16,22-25,27,29H,6-8,10,15,17-21H2,1-5H3,(H,38,46)(H,39,43)(H,40,45)/t23-,24-,27+,29+,36-/m1/s1. The number of aromatic nitrogens is 2. The van der Waals surface area contributed by atoms with Crippen LogP contribution in [0.25, 0.3) is 11.0 Å². The summed E-state index contributed by atoms with van der Waals surface area (Å²) >= 11 is 0. The van der Waals surface area contributed by atoms with Crippen LogP contribution in [-0.2, 0) is 29.1 Å². The molecular weight excluding hydrogens is 676 g/mol. The van der Waals surface area contributed by atoms with E-state index in [2.05, 4.69) is 15.4 Å². The molecule has 0 radical (unpaired) electrons. The quantitative estimate of drug-likeness (QED) is 0.358. The molecule has 2 aromatic rings. The van der Waals surface area contributed by atoms with Crippen molar-refractivity contribution in [2.45, 2.75) is 133 Å². The van der Waals surface area contributed by atoms with Crippen molar-refractivity contribution in [3.63, 3.8) is 0 Å². The number of alkyl carbamates (subject to hydrolysis) is 1. The molecule has 278 valence electrons. The smallest absolute Gasteiger partial charge is 0.408 e. The van der Waals surface area contributed by atoms with Crippen molar-refractivity contribution in [3.8, 4) is 6.01 Å². The van der Waals surface area contributed by atoms with Gasteiger partial charge in [0.1, 0.15) is 29.3 Å². The largest absolute Gasteiger partial charge is 0.459 e. The molecule has 1 saturated heterocycles. The van der Waals surface area contributed by atoms with Gasteiger partial charge in [0.25, 0.3) is 11.9 Å². The van der Waals surface area contributed by atoms with Crippen LogP contribution in [0.2, 0.25) is 0 Å². The fraction of sp³-hybridized carbons (Fsp3) is 0.639. The number of hydrogen-bond donors (Lipinski definition) is 3. The maximum Gasteiger partial charge on any atom is 0.408 e. The van der Waals surface area contributed by atoms with E-state index in [0.717, 1.165) is 23.9 Å². The first-order valence-corrected chi connectivity index (χ1v) is 19.6. The number of nitrogens with one attached hydrogen (secondary N) is 3. The topological polar surface area (TPSA) is 178 Å². The minimum atomic E-state index is -3.88. The van der Waals surface area contributed by atoms with Gasteiger partial charge in [0.15, 0.2) is 0 Å². The number of carbonyl (C=O) groups is 4. The summed E-state index contributed by atoms with van der Waals surface area (Å²) in [5.74, 6) is -2.26. The van der Waals surface area contributed by atoms with E-state index < -0.39 is 74.3 Å². The Bertz CT molecular complexity index is 1810. The molecule has 2 aliphatic carbocycles. The minimum Gasteiger partial charge on any atom is -0.459 e. The summed E-state index contributed by atoms with van der Waals surface area (Å²) in [4.78, 5) is 61.5. The zero-order valence-electron chi connectivity index (χ0n) is 30.0. The Balaban J connectivity index is 1.31. The lowest BCUT2D eigenvalue weighted by Crippen LogP contribution is -2.58. The van der Waals surface area contributed by atoms with Crippen LogP contribution in [0.1, 0.15) is 98.4 Å². The van der Waals surface area contributed by atoms with Crippen molar-refractivity contribution in [1.82, 2.24) is 29.8 Å². The lowest BCUT2D eigenvalue weighted by Gasteiger charge is -2.30. The fourth-order valence-electron chi connectivity index (χ4n) is 7.05. The first kappa shape index (κ1) is 36.6. The third-order valence-corrected chi connectivity index (χ3v) is 11.7. The Morgan fingerprint density at radius 3 is 2.53 bits per heavy atom. The van der Waals surface area contributed by atoms with E-state index in [9.17, 15) is 27.6 Å². The summed E-state index contributed by atoms with van der Waals surface area (Å²) in [6.07, 6.45) is 6.94. The van der Waals surface area contributed by atoms with Gasteiger partial charge in [-0.05, 0) is 85.3 Å². The number of carbonyl (C=O) groups excluding carboxylic acids is 4. The highest BCUT2D eigenvalue weighted by Gasteiger charge is 2.62. The molecule has 4 amide bonds. The second kappa shape index (κ2) is 14.1. The van der Waals surface area contributed by atoms with Crippen molar-refractivity contribution < 1.29 is 37.1 Å². The number of nitrogens with zero attached hydrogens (tertiary/aromatic N) is 3. The van der Waals surface area contributed by atoms with E-state index in [-0.39, 0.29) is 25.4 Å². The maximum absolute atomic E-state index is 14.4. The first-order chi connectivity index (χ1) is 24.1. The predicted octanol–water partition coefficient (Wildman–Crippen LogP) is 3.86. The van der Waals surface area contributed by atoms with Gasteiger partial charge in [-0.3, -0.25) is 23.7 Å². The maximum atomic E-state index is 14.4. The molecule has 3 fully saturated rings. The summed E-state index contributed by atoms with van der Waals surface area (Å²) in [5, 5.41) is 5.02. The Kier molecular flexibility index (Phi) is 10.1. The number of sulfonamides is 1. The van der Waals surface area contributed by atoms with Crippen LogP contribution < -0.4 is 20.1 Å².